The summed E-state index contributed by atoms with van der Waals surface area (Å²) in [6, 6.07) is 7.46. The molecule has 0 atom stereocenters. The minimum absolute atomic E-state index is 0.0461. The van der Waals surface area contributed by atoms with Gasteiger partial charge in [-0.25, -0.2) is 0 Å². The Bertz CT molecular complexity index is 560. The molecule has 6 nitrogen and oxygen atoms in total. The molecule has 1 aromatic carbocycles. The molecule has 0 saturated carbocycles. The number of ether oxygens (including phenoxy) is 1. The molecule has 1 aliphatic heterocycles. The summed E-state index contributed by atoms with van der Waals surface area (Å²) < 4.78 is 4.51. The second-order valence-electron chi connectivity index (χ2n) is 5.22. The van der Waals surface area contributed by atoms with E-state index >= 15 is 0 Å². The zero-order valence-corrected chi connectivity index (χ0v) is 12.9. The van der Waals surface area contributed by atoms with E-state index < -0.39 is 5.97 Å². The average Bonchev–Trinajstić information content (AvgIpc) is 2.55. The van der Waals surface area contributed by atoms with Gasteiger partial charge in [0.25, 0.3) is 0 Å². The van der Waals surface area contributed by atoms with Crippen molar-refractivity contribution in [2.24, 2.45) is 0 Å². The van der Waals surface area contributed by atoms with Gasteiger partial charge in [-0.2, -0.15) is 0 Å². The molecule has 1 saturated heterocycles. The highest BCUT2D eigenvalue weighted by atomic mass is 16.5. The van der Waals surface area contributed by atoms with Crippen LogP contribution < -0.4 is 4.90 Å². The summed E-state index contributed by atoms with van der Waals surface area (Å²) in [5, 5.41) is 0. The third-order valence-corrected chi connectivity index (χ3v) is 3.79. The van der Waals surface area contributed by atoms with E-state index in [1.807, 2.05) is 24.3 Å². The quantitative estimate of drug-likeness (QED) is 0.473. The second-order valence-corrected chi connectivity index (χ2v) is 5.22. The summed E-state index contributed by atoms with van der Waals surface area (Å²) in [7, 11) is 1.28. The van der Waals surface area contributed by atoms with E-state index in [0.717, 1.165) is 5.69 Å². The van der Waals surface area contributed by atoms with Crippen LogP contribution in [0, 0.1) is 0 Å². The first-order chi connectivity index (χ1) is 10.5. The number of anilines is 1. The molecule has 0 aromatic heterocycles. The Morgan fingerprint density at radius 1 is 1.05 bits per heavy atom. The Balaban J connectivity index is 1.90. The van der Waals surface area contributed by atoms with Crippen molar-refractivity contribution in [1.29, 1.82) is 0 Å². The molecule has 1 heterocycles. The summed E-state index contributed by atoms with van der Waals surface area (Å²) in [5.41, 5.74) is 1.72. The van der Waals surface area contributed by atoms with Gasteiger partial charge in [-0.3, -0.25) is 14.4 Å². The SMILES string of the molecule is COC(=O)CC(=O)N1CCN(c2ccc(C(C)=O)cc2)CC1. The zero-order valence-electron chi connectivity index (χ0n) is 12.9. The van der Waals surface area contributed by atoms with Gasteiger partial charge in [-0.1, -0.05) is 0 Å². The predicted octanol–water partition coefficient (Wildman–Crippen LogP) is 1.10. The maximum atomic E-state index is 11.9. The van der Waals surface area contributed by atoms with Crippen LogP contribution >= 0.6 is 0 Å². The lowest BCUT2D eigenvalue weighted by atomic mass is 10.1. The molecule has 118 valence electrons. The number of hydrogen-bond acceptors (Lipinski definition) is 5. The number of piperazine rings is 1. The van der Waals surface area contributed by atoms with Crippen molar-refractivity contribution in [2.75, 3.05) is 38.2 Å². The van der Waals surface area contributed by atoms with Crippen molar-refractivity contribution in [3.63, 3.8) is 0 Å². The Morgan fingerprint density at radius 3 is 2.14 bits per heavy atom. The van der Waals surface area contributed by atoms with Crippen LogP contribution in [0.1, 0.15) is 23.7 Å². The zero-order chi connectivity index (χ0) is 16.1. The summed E-state index contributed by atoms with van der Waals surface area (Å²) in [6.07, 6.45) is -0.205. The average molecular weight is 304 g/mol. The highest BCUT2D eigenvalue weighted by Crippen LogP contribution is 2.18. The topological polar surface area (TPSA) is 66.9 Å². The van der Waals surface area contributed by atoms with Crippen molar-refractivity contribution in [1.82, 2.24) is 4.90 Å². The smallest absolute Gasteiger partial charge is 0.315 e. The van der Waals surface area contributed by atoms with Gasteiger partial charge in [-0.15, -0.1) is 0 Å². The van der Waals surface area contributed by atoms with Gasteiger partial charge < -0.3 is 14.5 Å². The fraction of sp³-hybridized carbons (Fsp3) is 0.438. The number of methoxy groups -OCH3 is 1. The Labute approximate surface area is 129 Å². The number of carbonyl (C=O) groups excluding carboxylic acids is 3. The monoisotopic (exact) mass is 304 g/mol. The highest BCUT2D eigenvalue weighted by Gasteiger charge is 2.23. The van der Waals surface area contributed by atoms with Gasteiger partial charge >= 0.3 is 5.97 Å². The molecule has 0 N–H and O–H groups in total. The molecule has 1 aliphatic rings. The molecule has 0 aliphatic carbocycles. The van der Waals surface area contributed by atoms with Gasteiger partial charge in [0.05, 0.1) is 7.11 Å². The molecular formula is C16H20N2O4. The number of esters is 1. The fourth-order valence-electron chi connectivity index (χ4n) is 2.43. The van der Waals surface area contributed by atoms with Crippen LogP contribution in [0.15, 0.2) is 24.3 Å². The first-order valence-electron chi connectivity index (χ1n) is 7.22. The van der Waals surface area contributed by atoms with Crippen LogP contribution in [0.4, 0.5) is 5.69 Å². The summed E-state index contributed by atoms with van der Waals surface area (Å²) in [6.45, 7) is 4.09. The van der Waals surface area contributed by atoms with Gasteiger partial charge in [-0.05, 0) is 31.2 Å². The summed E-state index contributed by atoms with van der Waals surface area (Å²) >= 11 is 0. The third kappa shape index (κ3) is 3.84. The second kappa shape index (κ2) is 7.06. The lowest BCUT2D eigenvalue weighted by Crippen LogP contribution is -2.49. The maximum Gasteiger partial charge on any atom is 0.315 e. The molecule has 0 unspecified atom stereocenters. The number of ketones is 1. The summed E-state index contributed by atoms with van der Waals surface area (Å²) in [4.78, 5) is 38.1. The van der Waals surface area contributed by atoms with Gasteiger partial charge in [0, 0.05) is 37.4 Å². The van der Waals surface area contributed by atoms with Crippen molar-refractivity contribution in [2.45, 2.75) is 13.3 Å². The van der Waals surface area contributed by atoms with E-state index in [2.05, 4.69) is 9.64 Å². The molecule has 0 radical (unpaired) electrons. The van der Waals surface area contributed by atoms with Crippen molar-refractivity contribution >= 4 is 23.3 Å². The number of benzene rings is 1. The van der Waals surface area contributed by atoms with Gasteiger partial charge in [0.2, 0.25) is 5.91 Å². The first kappa shape index (κ1) is 16.0. The number of hydrogen-bond donors (Lipinski definition) is 0. The Hall–Kier alpha value is -2.37. The minimum Gasteiger partial charge on any atom is -0.469 e. The molecule has 0 bridgehead atoms. The molecular weight excluding hydrogens is 284 g/mol. The number of Topliss-reactive ketones (excluding diaryl/α,β-unsaturated/α-hetero) is 1. The van der Waals surface area contributed by atoms with Crippen LogP contribution in [-0.2, 0) is 14.3 Å². The lowest BCUT2D eigenvalue weighted by molar-refractivity contribution is -0.146. The highest BCUT2D eigenvalue weighted by molar-refractivity contribution is 5.95. The van der Waals surface area contributed by atoms with Gasteiger partial charge in [0.1, 0.15) is 6.42 Å². The standard InChI is InChI=1S/C16H20N2O4/c1-12(19)13-3-5-14(6-4-13)17-7-9-18(10-8-17)15(20)11-16(21)22-2/h3-6H,7-11H2,1-2H3. The third-order valence-electron chi connectivity index (χ3n) is 3.79. The molecule has 1 fully saturated rings. The van der Waals surface area contributed by atoms with Crippen LogP contribution in [-0.4, -0.2) is 55.8 Å². The summed E-state index contributed by atoms with van der Waals surface area (Å²) in [5.74, 6) is -0.657. The fourth-order valence-corrected chi connectivity index (χ4v) is 2.43. The largest absolute Gasteiger partial charge is 0.469 e. The molecule has 1 amide bonds. The van der Waals surface area contributed by atoms with E-state index in [1.165, 1.54) is 7.11 Å². The normalized spacial score (nSPS) is 14.6. The maximum absolute atomic E-state index is 11.9. The van der Waals surface area contributed by atoms with Crippen molar-refractivity contribution < 1.29 is 19.1 Å². The molecule has 22 heavy (non-hydrogen) atoms. The molecule has 0 spiro atoms. The Kier molecular flexibility index (Phi) is 5.14. The first-order valence-corrected chi connectivity index (χ1v) is 7.22. The van der Waals surface area contributed by atoms with Gasteiger partial charge in [0.15, 0.2) is 5.78 Å². The van der Waals surface area contributed by atoms with Crippen LogP contribution in [0.25, 0.3) is 0 Å². The lowest BCUT2D eigenvalue weighted by Gasteiger charge is -2.36. The van der Waals surface area contributed by atoms with Crippen molar-refractivity contribution in [3.8, 4) is 0 Å². The van der Waals surface area contributed by atoms with E-state index in [1.54, 1.807) is 11.8 Å². The van der Waals surface area contributed by atoms with E-state index in [-0.39, 0.29) is 18.1 Å². The number of amides is 1. The molecule has 6 heteroatoms. The van der Waals surface area contributed by atoms with Crippen molar-refractivity contribution in [3.05, 3.63) is 29.8 Å². The molecule has 1 aromatic rings. The van der Waals surface area contributed by atoms with E-state index in [9.17, 15) is 14.4 Å². The van der Waals surface area contributed by atoms with Crippen LogP contribution in [0.5, 0.6) is 0 Å². The van der Waals surface area contributed by atoms with Crippen LogP contribution in [0.2, 0.25) is 0 Å². The number of nitrogens with zero attached hydrogens (tertiary/aromatic N) is 2. The number of carbonyl (C=O) groups is 3. The predicted molar refractivity (Wildman–Crippen MR) is 81.9 cm³/mol. The number of rotatable bonds is 4. The minimum atomic E-state index is -0.507. The van der Waals surface area contributed by atoms with Crippen LogP contribution in [0.3, 0.4) is 0 Å². The van der Waals surface area contributed by atoms with E-state index in [4.69, 9.17) is 0 Å². The molecule has 2 rings (SSSR count). The Morgan fingerprint density at radius 2 is 1.64 bits per heavy atom. The van der Waals surface area contributed by atoms with E-state index in [0.29, 0.717) is 31.7 Å².